The summed E-state index contributed by atoms with van der Waals surface area (Å²) in [5, 5.41) is 15.3. The van der Waals surface area contributed by atoms with Crippen LogP contribution in [0.4, 0.5) is 15.5 Å². The predicted octanol–water partition coefficient (Wildman–Crippen LogP) is 5.50. The molecule has 0 saturated heterocycles. The van der Waals surface area contributed by atoms with Crippen LogP contribution in [0, 0.1) is 25.2 Å². The number of pyridine rings is 1. The molecule has 0 aliphatic carbocycles. The van der Waals surface area contributed by atoms with Crippen molar-refractivity contribution < 1.29 is 23.8 Å². The Morgan fingerprint density at radius 2 is 1.76 bits per heavy atom. The van der Waals surface area contributed by atoms with Crippen molar-refractivity contribution in [3.8, 4) is 11.8 Å². The molecule has 0 spiro atoms. The molecule has 0 fully saturated rings. The van der Waals surface area contributed by atoms with Crippen LogP contribution < -0.4 is 9.64 Å². The minimum Gasteiger partial charge on any atom is -0.496 e. The highest BCUT2D eigenvalue weighted by atomic mass is 32.2. The number of carbonyl (C=O) groups excluding carboxylic acids is 2. The van der Waals surface area contributed by atoms with E-state index in [4.69, 9.17) is 19.3 Å². The number of aromatic nitrogens is 5. The van der Waals surface area contributed by atoms with Crippen molar-refractivity contribution in [2.24, 2.45) is 0 Å². The van der Waals surface area contributed by atoms with Gasteiger partial charge in [-0.3, -0.25) is 4.98 Å². The zero-order chi connectivity index (χ0) is 30.3. The fourth-order valence-corrected chi connectivity index (χ4v) is 5.37. The van der Waals surface area contributed by atoms with Gasteiger partial charge in [-0.15, -0.1) is 4.90 Å². The Hall–Kier alpha value is -3.92. The lowest BCUT2D eigenvalue weighted by atomic mass is 10.1. The number of hydrogen-bond donors (Lipinski definition) is 0. The van der Waals surface area contributed by atoms with Crippen molar-refractivity contribution in [2.75, 3.05) is 12.0 Å². The third-order valence-corrected chi connectivity index (χ3v) is 7.21. The molecule has 1 atom stereocenters. The van der Waals surface area contributed by atoms with Gasteiger partial charge >= 0.3 is 12.2 Å². The molecule has 4 rings (SSSR count). The minimum atomic E-state index is -0.985. The molecule has 0 saturated carbocycles. The lowest BCUT2D eigenvalue weighted by molar-refractivity contribution is 0.0427. The lowest BCUT2D eigenvalue weighted by Gasteiger charge is -2.27. The number of amides is 2. The van der Waals surface area contributed by atoms with Gasteiger partial charge in [0, 0.05) is 17.3 Å². The first-order valence-electron chi connectivity index (χ1n) is 13.2. The van der Waals surface area contributed by atoms with E-state index in [0.717, 1.165) is 28.3 Å². The molecule has 1 aliphatic rings. The second kappa shape index (κ2) is 11.2. The number of rotatable bonds is 4. The number of thioether (sulfide) groups is 1. The first-order chi connectivity index (χ1) is 19.1. The van der Waals surface area contributed by atoms with Crippen molar-refractivity contribution in [2.45, 2.75) is 96.3 Å². The van der Waals surface area contributed by atoms with Crippen molar-refractivity contribution in [1.82, 2.24) is 24.7 Å². The molecular weight excluding hydrogens is 546 g/mol. The van der Waals surface area contributed by atoms with Crippen LogP contribution in [-0.4, -0.2) is 60.5 Å². The topological polar surface area (TPSA) is 145 Å². The summed E-state index contributed by atoms with van der Waals surface area (Å²) in [4.78, 5) is 41.3. The largest absolute Gasteiger partial charge is 0.496 e. The van der Waals surface area contributed by atoms with Gasteiger partial charge in [0.15, 0.2) is 5.65 Å². The minimum absolute atomic E-state index is 0.235. The maximum Gasteiger partial charge on any atom is 0.427 e. The molecule has 0 radical (unpaired) electrons. The molecule has 0 N–H and O–H groups in total. The predicted molar refractivity (Wildman–Crippen MR) is 153 cm³/mol. The van der Waals surface area contributed by atoms with E-state index in [0.29, 0.717) is 33.8 Å². The van der Waals surface area contributed by atoms with E-state index in [9.17, 15) is 14.9 Å². The standard InChI is InChI=1S/C28H35N7O5S/c1-15-13-30-19(16(2)21(15)38-9)14-34-22-20-18(33-34)11-10-17(12-29)41-23(20)32-24(31-22)35(25(36)39-27(3,4)5)26(37)40-28(6,7)8/h13,17H,10-11,14H2,1-9H3. The Kier molecular flexibility index (Phi) is 8.18. The van der Waals surface area contributed by atoms with E-state index < -0.39 is 28.6 Å². The monoisotopic (exact) mass is 581 g/mol. The normalized spacial score (nSPS) is 15.2. The molecule has 2 amide bonds. The van der Waals surface area contributed by atoms with Crippen LogP contribution in [0.1, 0.15) is 70.5 Å². The average Bonchev–Trinajstić information content (AvgIpc) is 3.08. The highest BCUT2D eigenvalue weighted by molar-refractivity contribution is 8.00. The number of hydrogen-bond acceptors (Lipinski definition) is 11. The van der Waals surface area contributed by atoms with Gasteiger partial charge in [-0.25, -0.2) is 19.3 Å². The van der Waals surface area contributed by atoms with E-state index >= 15 is 0 Å². The van der Waals surface area contributed by atoms with Gasteiger partial charge in [0.1, 0.15) is 22.0 Å². The number of nitrogens with zero attached hydrogens (tertiary/aromatic N) is 7. The third kappa shape index (κ3) is 6.53. The summed E-state index contributed by atoms with van der Waals surface area (Å²) >= 11 is 1.25. The van der Waals surface area contributed by atoms with Gasteiger partial charge in [0.05, 0.1) is 41.7 Å². The second-order valence-electron chi connectivity index (χ2n) is 11.7. The Morgan fingerprint density at radius 3 is 2.32 bits per heavy atom. The molecule has 0 bridgehead atoms. The van der Waals surface area contributed by atoms with Gasteiger partial charge in [0.25, 0.3) is 0 Å². The van der Waals surface area contributed by atoms with E-state index in [2.05, 4.69) is 21.0 Å². The molecule has 41 heavy (non-hydrogen) atoms. The van der Waals surface area contributed by atoms with Crippen LogP contribution in [0.5, 0.6) is 5.75 Å². The van der Waals surface area contributed by atoms with E-state index in [1.807, 2.05) is 13.8 Å². The number of imide groups is 1. The Labute approximate surface area is 243 Å². The molecule has 218 valence electrons. The van der Waals surface area contributed by atoms with Gasteiger partial charge in [-0.2, -0.15) is 15.3 Å². The van der Waals surface area contributed by atoms with Crippen LogP contribution in [0.2, 0.25) is 0 Å². The van der Waals surface area contributed by atoms with E-state index in [1.165, 1.54) is 11.8 Å². The molecule has 13 heteroatoms. The zero-order valence-electron chi connectivity index (χ0n) is 24.9. The van der Waals surface area contributed by atoms with Crippen LogP contribution >= 0.6 is 11.8 Å². The number of nitriles is 1. The van der Waals surface area contributed by atoms with Crippen LogP contribution in [-0.2, 0) is 22.4 Å². The molecule has 1 unspecified atom stereocenters. The number of methoxy groups -OCH3 is 1. The maximum absolute atomic E-state index is 13.4. The quantitative estimate of drug-likeness (QED) is 0.360. The SMILES string of the molecule is COc1c(C)cnc(Cn2nc3c4c(nc(N(C(=O)OC(C)(C)C)C(=O)OC(C)(C)C)nc42)SC(C#N)CC3)c1C. The Bertz CT molecular complexity index is 1520. The highest BCUT2D eigenvalue weighted by Gasteiger charge is 2.37. The summed E-state index contributed by atoms with van der Waals surface area (Å²) in [5.41, 5.74) is 1.80. The van der Waals surface area contributed by atoms with Gasteiger partial charge in [-0.1, -0.05) is 11.8 Å². The highest BCUT2D eigenvalue weighted by Crippen LogP contribution is 2.38. The Balaban J connectivity index is 1.92. The summed E-state index contributed by atoms with van der Waals surface area (Å²) in [6.07, 6.45) is 0.858. The molecule has 12 nitrogen and oxygen atoms in total. The summed E-state index contributed by atoms with van der Waals surface area (Å²) < 4.78 is 18.3. The van der Waals surface area contributed by atoms with Crippen molar-refractivity contribution in [1.29, 1.82) is 5.26 Å². The van der Waals surface area contributed by atoms with Crippen LogP contribution in [0.3, 0.4) is 0 Å². The smallest absolute Gasteiger partial charge is 0.427 e. The van der Waals surface area contributed by atoms with Crippen molar-refractivity contribution >= 4 is 40.9 Å². The summed E-state index contributed by atoms with van der Waals surface area (Å²) in [6, 6.07) is 2.29. The number of carbonyl (C=O) groups is 2. The average molecular weight is 582 g/mol. The fourth-order valence-electron chi connectivity index (χ4n) is 4.35. The summed E-state index contributed by atoms with van der Waals surface area (Å²) in [7, 11) is 1.61. The Morgan fingerprint density at radius 1 is 1.12 bits per heavy atom. The molecular formula is C28H35N7O5S. The lowest BCUT2D eigenvalue weighted by Crippen LogP contribution is -2.44. The fraction of sp³-hybridized carbons (Fsp3) is 0.536. The zero-order valence-corrected chi connectivity index (χ0v) is 25.7. The van der Waals surface area contributed by atoms with Gasteiger partial charge in [0.2, 0.25) is 5.95 Å². The first-order valence-corrected chi connectivity index (χ1v) is 14.1. The van der Waals surface area contributed by atoms with Gasteiger partial charge < -0.3 is 14.2 Å². The van der Waals surface area contributed by atoms with Crippen molar-refractivity contribution in [3.05, 3.63) is 28.7 Å². The molecule has 0 aromatic carbocycles. The molecule has 4 heterocycles. The third-order valence-electron chi connectivity index (χ3n) is 6.06. The van der Waals surface area contributed by atoms with Gasteiger partial charge in [-0.05, 0) is 68.2 Å². The molecule has 1 aliphatic heterocycles. The van der Waals surface area contributed by atoms with Crippen LogP contribution in [0.15, 0.2) is 11.2 Å². The first kappa shape index (κ1) is 30.0. The van der Waals surface area contributed by atoms with Crippen LogP contribution in [0.25, 0.3) is 11.0 Å². The summed E-state index contributed by atoms with van der Waals surface area (Å²) in [5.74, 6) is 0.498. The second-order valence-corrected chi connectivity index (χ2v) is 12.9. The maximum atomic E-state index is 13.4. The van der Waals surface area contributed by atoms with E-state index in [1.54, 1.807) is 59.5 Å². The molecule has 3 aromatic heterocycles. The van der Waals surface area contributed by atoms with Crippen molar-refractivity contribution in [3.63, 3.8) is 0 Å². The number of anilines is 1. The summed E-state index contributed by atoms with van der Waals surface area (Å²) in [6.45, 7) is 14.2. The number of ether oxygens (including phenoxy) is 3. The number of aryl methyl sites for hydroxylation is 2. The van der Waals surface area contributed by atoms with E-state index in [-0.39, 0.29) is 12.5 Å². The molecule has 3 aromatic rings.